The summed E-state index contributed by atoms with van der Waals surface area (Å²) in [6, 6.07) is 8.33. The molecule has 0 bridgehead atoms. The lowest BCUT2D eigenvalue weighted by Gasteiger charge is -2.31. The van der Waals surface area contributed by atoms with Crippen molar-refractivity contribution in [3.63, 3.8) is 0 Å². The van der Waals surface area contributed by atoms with Gasteiger partial charge in [0.05, 0.1) is 4.90 Å². The zero-order chi connectivity index (χ0) is 21.8. The van der Waals surface area contributed by atoms with E-state index in [4.69, 9.17) is 0 Å². The van der Waals surface area contributed by atoms with Crippen LogP contribution in [-0.2, 0) is 14.8 Å². The molecule has 2 rings (SSSR count). The molecule has 0 aromatic heterocycles. The van der Waals surface area contributed by atoms with Gasteiger partial charge in [0.25, 0.3) is 5.91 Å². The first-order chi connectivity index (χ1) is 13.6. The predicted molar refractivity (Wildman–Crippen MR) is 112 cm³/mol. The molecule has 0 aliphatic rings. The number of benzene rings is 2. The van der Waals surface area contributed by atoms with Gasteiger partial charge in [0.1, 0.15) is 11.8 Å². The maximum absolute atomic E-state index is 13.5. The number of nitrogens with one attached hydrogen (secondary N) is 1. The number of aromatic hydroxyl groups is 1. The van der Waals surface area contributed by atoms with Gasteiger partial charge >= 0.3 is 0 Å². The lowest BCUT2D eigenvalue weighted by atomic mass is 10.0. The number of hydroxylamine groups is 1. The molecule has 0 saturated heterocycles. The summed E-state index contributed by atoms with van der Waals surface area (Å²) < 4.78 is 28.2. The van der Waals surface area contributed by atoms with Gasteiger partial charge in [-0.1, -0.05) is 39.8 Å². The number of amides is 1. The molecule has 0 aliphatic carbocycles. The predicted octanol–water partition coefficient (Wildman–Crippen LogP) is 3.50. The van der Waals surface area contributed by atoms with Crippen LogP contribution in [-0.4, -0.2) is 41.5 Å². The number of fused-ring (bicyclic) bond motifs is 1. The lowest BCUT2D eigenvalue weighted by molar-refractivity contribution is -0.133. The van der Waals surface area contributed by atoms with Crippen molar-refractivity contribution >= 4 is 26.7 Å². The maximum Gasteiger partial charge on any atom is 0.261 e. The van der Waals surface area contributed by atoms with Gasteiger partial charge in [-0.3, -0.25) is 10.0 Å². The molecule has 7 nitrogen and oxygen atoms in total. The lowest BCUT2D eigenvalue weighted by Crippen LogP contribution is -2.50. The van der Waals surface area contributed by atoms with Crippen LogP contribution < -0.4 is 5.48 Å². The molecule has 2 aromatic carbocycles. The van der Waals surface area contributed by atoms with Crippen LogP contribution in [0.25, 0.3) is 10.8 Å². The second-order valence-corrected chi connectivity index (χ2v) is 10.0. The Morgan fingerprint density at radius 2 is 1.66 bits per heavy atom. The number of carbonyl (C=O) groups is 1. The van der Waals surface area contributed by atoms with Crippen molar-refractivity contribution in [1.82, 2.24) is 9.79 Å². The summed E-state index contributed by atoms with van der Waals surface area (Å²) in [5.74, 6) is -0.349. The van der Waals surface area contributed by atoms with Crippen LogP contribution in [0.1, 0.15) is 40.5 Å². The normalized spacial score (nSPS) is 13.4. The van der Waals surface area contributed by atoms with Gasteiger partial charge in [0.15, 0.2) is 0 Å². The second-order valence-electron chi connectivity index (χ2n) is 8.11. The minimum Gasteiger partial charge on any atom is -0.508 e. The second kappa shape index (κ2) is 9.56. The van der Waals surface area contributed by atoms with Crippen molar-refractivity contribution < 1.29 is 23.5 Å². The first-order valence-electron chi connectivity index (χ1n) is 9.74. The fourth-order valence-electron chi connectivity index (χ4n) is 3.21. The van der Waals surface area contributed by atoms with E-state index in [1.165, 1.54) is 22.5 Å². The number of phenolic OH excluding ortho intramolecular Hbond substituents is 1. The number of carbonyl (C=O) groups excluding carboxylic acids is 1. The third-order valence-electron chi connectivity index (χ3n) is 4.78. The molecule has 0 aliphatic heterocycles. The highest BCUT2D eigenvalue weighted by molar-refractivity contribution is 7.89. The minimum atomic E-state index is -4.00. The Bertz CT molecular complexity index is 957. The van der Waals surface area contributed by atoms with Gasteiger partial charge in [-0.2, -0.15) is 4.31 Å². The van der Waals surface area contributed by atoms with E-state index in [9.17, 15) is 23.5 Å². The van der Waals surface area contributed by atoms with Gasteiger partial charge in [-0.25, -0.2) is 13.9 Å². The summed E-state index contributed by atoms with van der Waals surface area (Å²) in [6.07, 6.45) is 0.860. The van der Waals surface area contributed by atoms with E-state index in [1.807, 2.05) is 27.7 Å². The van der Waals surface area contributed by atoms with Crippen LogP contribution in [0.5, 0.6) is 5.75 Å². The molecule has 2 aromatic rings. The molecule has 160 valence electrons. The molecular weight excluding hydrogens is 392 g/mol. The SMILES string of the molecule is CC(C)CCN(C(CC(C)C)C(=O)NO)S(=O)(=O)c1ccc2cc(O)ccc2c1. The molecule has 0 fully saturated rings. The van der Waals surface area contributed by atoms with E-state index in [0.717, 1.165) is 0 Å². The standard InChI is InChI=1S/C21H30N2O5S/c1-14(2)9-10-23(20(11-15(3)4)21(25)22-26)29(27,28)19-8-6-16-12-18(24)7-5-17(16)13-19/h5-8,12-15,20,24,26H,9-11H2,1-4H3,(H,22,25). The number of sulfonamides is 1. The van der Waals surface area contributed by atoms with Gasteiger partial charge in [0.2, 0.25) is 10.0 Å². The summed E-state index contributed by atoms with van der Waals surface area (Å²) >= 11 is 0. The molecule has 0 saturated carbocycles. The topological polar surface area (TPSA) is 107 Å². The smallest absolute Gasteiger partial charge is 0.261 e. The highest BCUT2D eigenvalue weighted by Gasteiger charge is 2.36. The van der Waals surface area contributed by atoms with Crippen molar-refractivity contribution in [3.05, 3.63) is 36.4 Å². The average Bonchev–Trinajstić information content (AvgIpc) is 2.65. The molecule has 3 N–H and O–H groups in total. The number of rotatable bonds is 9. The Morgan fingerprint density at radius 1 is 1.03 bits per heavy atom. The molecule has 29 heavy (non-hydrogen) atoms. The van der Waals surface area contributed by atoms with Crippen molar-refractivity contribution in [3.8, 4) is 5.75 Å². The Kier molecular flexibility index (Phi) is 7.62. The fourth-order valence-corrected chi connectivity index (χ4v) is 4.86. The summed E-state index contributed by atoms with van der Waals surface area (Å²) in [5.41, 5.74) is 1.63. The molecule has 1 atom stereocenters. The number of hydrogen-bond donors (Lipinski definition) is 3. The van der Waals surface area contributed by atoms with Crippen molar-refractivity contribution in [2.24, 2.45) is 11.8 Å². The Hall–Kier alpha value is -2.16. The Labute approximate surface area is 172 Å². The van der Waals surface area contributed by atoms with Gasteiger partial charge in [0, 0.05) is 6.54 Å². The summed E-state index contributed by atoms with van der Waals surface area (Å²) in [7, 11) is -4.00. The largest absolute Gasteiger partial charge is 0.508 e. The highest BCUT2D eigenvalue weighted by Crippen LogP contribution is 2.27. The monoisotopic (exact) mass is 422 g/mol. The number of phenols is 1. The van der Waals surface area contributed by atoms with Gasteiger partial charge in [-0.05, 0) is 59.7 Å². The first-order valence-corrected chi connectivity index (χ1v) is 11.2. The molecule has 0 radical (unpaired) electrons. The minimum absolute atomic E-state index is 0.0497. The van der Waals surface area contributed by atoms with Crippen LogP contribution in [0.4, 0.5) is 0 Å². The summed E-state index contributed by atoms with van der Waals surface area (Å²) in [6.45, 7) is 7.92. The van der Waals surface area contributed by atoms with Crippen molar-refractivity contribution in [2.75, 3.05) is 6.54 Å². The van der Waals surface area contributed by atoms with E-state index in [1.54, 1.807) is 23.7 Å². The number of hydrogen-bond acceptors (Lipinski definition) is 5. The third-order valence-corrected chi connectivity index (χ3v) is 6.69. The third kappa shape index (κ3) is 5.68. The van der Waals surface area contributed by atoms with Gasteiger partial charge in [-0.15, -0.1) is 0 Å². The number of nitrogens with zero attached hydrogens (tertiary/aromatic N) is 1. The van der Waals surface area contributed by atoms with E-state index >= 15 is 0 Å². The molecule has 8 heteroatoms. The first kappa shape index (κ1) is 23.1. The van der Waals surface area contributed by atoms with Crippen LogP contribution >= 0.6 is 0 Å². The molecule has 1 unspecified atom stereocenters. The van der Waals surface area contributed by atoms with Crippen LogP contribution in [0.15, 0.2) is 41.3 Å². The Morgan fingerprint density at radius 3 is 2.24 bits per heavy atom. The molecular formula is C21H30N2O5S. The van der Waals surface area contributed by atoms with E-state index in [2.05, 4.69) is 0 Å². The zero-order valence-corrected chi connectivity index (χ0v) is 18.1. The average molecular weight is 423 g/mol. The summed E-state index contributed by atoms with van der Waals surface area (Å²) in [5, 5.41) is 20.2. The van der Waals surface area contributed by atoms with Gasteiger partial charge < -0.3 is 5.11 Å². The van der Waals surface area contributed by atoms with Crippen molar-refractivity contribution in [1.29, 1.82) is 0 Å². The molecule has 1 amide bonds. The van der Waals surface area contributed by atoms with E-state index in [0.29, 0.717) is 17.2 Å². The summed E-state index contributed by atoms with van der Waals surface area (Å²) in [4.78, 5) is 12.4. The van der Waals surface area contributed by atoms with Crippen LogP contribution in [0.3, 0.4) is 0 Å². The highest BCUT2D eigenvalue weighted by atomic mass is 32.2. The van der Waals surface area contributed by atoms with Crippen molar-refractivity contribution in [2.45, 2.75) is 51.5 Å². The maximum atomic E-state index is 13.5. The fraction of sp³-hybridized carbons (Fsp3) is 0.476. The quantitative estimate of drug-likeness (QED) is 0.423. The van der Waals surface area contributed by atoms with E-state index < -0.39 is 22.0 Å². The van der Waals surface area contributed by atoms with E-state index in [-0.39, 0.29) is 35.4 Å². The zero-order valence-electron chi connectivity index (χ0n) is 17.3. The molecule has 0 heterocycles. The van der Waals surface area contributed by atoms with Crippen LogP contribution in [0, 0.1) is 11.8 Å². The Balaban J connectivity index is 2.54. The van der Waals surface area contributed by atoms with Crippen LogP contribution in [0.2, 0.25) is 0 Å². The molecule has 0 spiro atoms.